The van der Waals surface area contributed by atoms with Crippen LogP contribution >= 0.6 is 26.0 Å². The van der Waals surface area contributed by atoms with E-state index in [0.29, 0.717) is 11.4 Å². The summed E-state index contributed by atoms with van der Waals surface area (Å²) in [7, 11) is -4.75. The largest absolute Gasteiger partial charge is 0.472 e. The lowest BCUT2D eigenvalue weighted by Gasteiger charge is -2.26. The van der Waals surface area contributed by atoms with Gasteiger partial charge >= 0.3 is 14.6 Å². The molecule has 4 aromatic heterocycles. The zero-order chi connectivity index (χ0) is 31.0. The smallest absolute Gasteiger partial charge is 0.369 e. The Morgan fingerprint density at radius 2 is 1.36 bits per heavy atom. The second-order valence-electron chi connectivity index (χ2n) is 10.1. The Morgan fingerprint density at radius 1 is 0.841 bits per heavy atom. The van der Waals surface area contributed by atoms with Crippen LogP contribution in [0.3, 0.4) is 0 Å². The van der Waals surface area contributed by atoms with Gasteiger partial charge in [-0.15, -0.1) is 0 Å². The molecule has 2 unspecified atom stereocenters. The van der Waals surface area contributed by atoms with Crippen molar-refractivity contribution in [2.45, 2.75) is 49.7 Å². The third kappa shape index (κ3) is 5.47. The third-order valence-corrected chi connectivity index (χ3v) is 11.3. The third-order valence-electron chi connectivity index (χ3n) is 7.22. The Hall–Kier alpha value is -3.17. The number of phosphoric acid groups is 1. The molecular weight excluding hydrogens is 650 g/mol. The topological polar surface area (TPSA) is 300 Å². The minimum absolute atomic E-state index is 0.00649. The van der Waals surface area contributed by atoms with E-state index in [1.807, 2.05) is 0 Å². The maximum atomic E-state index is 13.2. The van der Waals surface area contributed by atoms with Gasteiger partial charge in [-0.05, 0) is 11.4 Å². The van der Waals surface area contributed by atoms with Crippen LogP contribution in [0.25, 0.3) is 22.3 Å². The molecule has 0 aliphatic carbocycles. The number of anilines is 2. The Labute approximate surface area is 248 Å². The molecule has 0 amide bonds. The zero-order valence-electron chi connectivity index (χ0n) is 22.2. The summed E-state index contributed by atoms with van der Waals surface area (Å²) in [4.78, 5) is 66.7. The SMILES string of the molecule is Nc1nc2c(ncn2[C@@H]2C[C@H]3OP(=O)(O)SC[C@H]4O[C@@H](n5cnc6c(=O)[nH]c(N)nc65)C[C@@H]4OP(=O)(O)OC[C@@H]3O2)c(=O)[nH]1. The average Bonchev–Trinajstić information content (AvgIpc) is 3.70. The van der Waals surface area contributed by atoms with Crippen molar-refractivity contribution in [1.29, 1.82) is 0 Å². The summed E-state index contributed by atoms with van der Waals surface area (Å²) in [6.45, 7) is -4.95. The zero-order valence-corrected chi connectivity index (χ0v) is 24.8. The van der Waals surface area contributed by atoms with Crippen molar-refractivity contribution in [3.05, 3.63) is 33.4 Å². The van der Waals surface area contributed by atoms with Crippen molar-refractivity contribution in [1.82, 2.24) is 39.0 Å². The lowest BCUT2D eigenvalue weighted by atomic mass is 10.2. The predicted molar refractivity (Wildman–Crippen MR) is 150 cm³/mol. The molecule has 3 saturated heterocycles. The van der Waals surface area contributed by atoms with E-state index in [2.05, 4.69) is 29.9 Å². The van der Waals surface area contributed by atoms with Crippen molar-refractivity contribution in [2.24, 2.45) is 0 Å². The van der Waals surface area contributed by atoms with Crippen molar-refractivity contribution >= 4 is 60.2 Å². The summed E-state index contributed by atoms with van der Waals surface area (Å²) in [5.41, 5.74) is 10.4. The number of nitrogens with one attached hydrogen (secondary N) is 2. The number of hydrogen-bond acceptors (Lipinski definition) is 16. The number of nitrogens with two attached hydrogens (primary N) is 2. The van der Waals surface area contributed by atoms with E-state index in [1.54, 1.807) is 0 Å². The van der Waals surface area contributed by atoms with Gasteiger partial charge in [0.25, 0.3) is 11.1 Å². The number of aromatic amines is 2. The molecule has 24 heteroatoms. The van der Waals surface area contributed by atoms with Crippen LogP contribution in [0.5, 0.6) is 0 Å². The van der Waals surface area contributed by atoms with E-state index in [0.717, 1.165) is 0 Å². The monoisotopic (exact) mass is 674 g/mol. The van der Waals surface area contributed by atoms with Crippen LogP contribution in [-0.2, 0) is 32.2 Å². The fourth-order valence-electron chi connectivity index (χ4n) is 5.31. The number of imidazole rings is 2. The first-order chi connectivity index (χ1) is 20.9. The maximum absolute atomic E-state index is 13.2. The van der Waals surface area contributed by atoms with E-state index < -0.39 is 69.2 Å². The standard InChI is InChI=1S/C20H24N10O11P2S/c21-19-25-15-13(17(31)27-19)23-5-29(15)11-1-7-9(38-11)3-37-42(33,34)40-8-2-12(39-10(8)4-44-43(35,36)41-7)30-6-24-14-16(30)26-20(22)28-18(14)32/h5-12H,1-4H2,(H,33,34)(H,35,36)(H3,21,25,27,31)(H3,22,26,28,32)/t7-,8+,9+,10-,11+,12-/m1/s1. The Bertz CT molecular complexity index is 1840. The molecule has 7 heterocycles. The van der Waals surface area contributed by atoms with Crippen LogP contribution in [0.1, 0.15) is 25.3 Å². The van der Waals surface area contributed by atoms with Gasteiger partial charge in [0, 0.05) is 18.6 Å². The maximum Gasteiger partial charge on any atom is 0.472 e. The molecular formula is C20H24N10O11P2S. The fourth-order valence-corrected chi connectivity index (χ4v) is 9.04. The normalized spacial score (nSPS) is 34.9. The highest BCUT2D eigenvalue weighted by atomic mass is 32.7. The van der Waals surface area contributed by atoms with E-state index >= 15 is 0 Å². The molecule has 0 radical (unpaired) electrons. The first kappa shape index (κ1) is 29.5. The number of rotatable bonds is 2. The molecule has 3 fully saturated rings. The first-order valence-corrected chi connectivity index (χ1v) is 17.6. The van der Waals surface area contributed by atoms with Gasteiger partial charge in [0.15, 0.2) is 22.3 Å². The van der Waals surface area contributed by atoms with Crippen LogP contribution < -0.4 is 22.6 Å². The van der Waals surface area contributed by atoms with Crippen molar-refractivity contribution in [3.63, 3.8) is 0 Å². The first-order valence-electron chi connectivity index (χ1n) is 12.9. The predicted octanol–water partition coefficient (Wildman–Crippen LogP) is -0.273. The molecule has 21 nitrogen and oxygen atoms in total. The number of phosphoric ester groups is 1. The highest BCUT2D eigenvalue weighted by molar-refractivity contribution is 8.54. The van der Waals surface area contributed by atoms with E-state index in [-0.39, 0.29) is 52.8 Å². The van der Waals surface area contributed by atoms with Gasteiger partial charge in [0.1, 0.15) is 30.8 Å². The highest BCUT2D eigenvalue weighted by Gasteiger charge is 2.47. The van der Waals surface area contributed by atoms with Gasteiger partial charge in [-0.25, -0.2) is 19.1 Å². The second-order valence-corrected chi connectivity index (χ2v) is 15.4. The van der Waals surface area contributed by atoms with Crippen molar-refractivity contribution in [3.8, 4) is 0 Å². The van der Waals surface area contributed by atoms with Gasteiger partial charge in [-0.2, -0.15) is 9.97 Å². The van der Waals surface area contributed by atoms with Gasteiger partial charge < -0.3 is 30.7 Å². The molecule has 0 bridgehead atoms. The lowest BCUT2D eigenvalue weighted by Crippen LogP contribution is -2.31. The molecule has 3 aliphatic heterocycles. The quantitative estimate of drug-likeness (QED) is 0.149. The van der Waals surface area contributed by atoms with Gasteiger partial charge in [0.2, 0.25) is 11.9 Å². The second kappa shape index (κ2) is 10.7. The minimum Gasteiger partial charge on any atom is -0.369 e. The number of hydrogen-bond donors (Lipinski definition) is 6. The molecule has 0 spiro atoms. The molecule has 8 atom stereocenters. The molecule has 4 aromatic rings. The Kier molecular flexibility index (Phi) is 7.20. The number of aromatic nitrogens is 8. The molecule has 0 saturated carbocycles. The molecule has 44 heavy (non-hydrogen) atoms. The summed E-state index contributed by atoms with van der Waals surface area (Å²) in [5, 5.41) is 0. The molecule has 8 N–H and O–H groups in total. The summed E-state index contributed by atoms with van der Waals surface area (Å²) >= 11 is 0.539. The molecule has 7 rings (SSSR count). The average molecular weight is 674 g/mol. The van der Waals surface area contributed by atoms with Crippen molar-refractivity contribution in [2.75, 3.05) is 23.8 Å². The summed E-state index contributed by atoms with van der Waals surface area (Å²) in [6, 6.07) is 0. The highest BCUT2D eigenvalue weighted by Crippen LogP contribution is 2.60. The van der Waals surface area contributed by atoms with E-state index in [4.69, 9.17) is 34.5 Å². The summed E-state index contributed by atoms with van der Waals surface area (Å²) in [6.07, 6.45) is -3.60. The van der Waals surface area contributed by atoms with Crippen LogP contribution in [0.4, 0.5) is 11.9 Å². The van der Waals surface area contributed by atoms with Crippen LogP contribution in [0.15, 0.2) is 22.2 Å². The molecule has 0 aromatic carbocycles. The number of ether oxygens (including phenoxy) is 2. The Morgan fingerprint density at radius 3 is 1.93 bits per heavy atom. The van der Waals surface area contributed by atoms with Crippen LogP contribution in [-0.4, -0.2) is 85.6 Å². The fraction of sp³-hybridized carbons (Fsp3) is 0.500. The Balaban J connectivity index is 1.13. The summed E-state index contributed by atoms with van der Waals surface area (Å²) < 4.78 is 57.4. The number of nitrogen functional groups attached to an aromatic ring is 2. The minimum atomic E-state index is -4.75. The van der Waals surface area contributed by atoms with E-state index in [9.17, 15) is 28.5 Å². The summed E-state index contributed by atoms with van der Waals surface area (Å²) in [5.74, 6) is -0.511. The van der Waals surface area contributed by atoms with E-state index in [1.165, 1.54) is 21.8 Å². The lowest BCUT2D eigenvalue weighted by molar-refractivity contribution is -0.0451. The number of fused-ring (bicyclic) bond motifs is 4. The molecule has 236 valence electrons. The number of nitrogens with zero attached hydrogens (tertiary/aromatic N) is 6. The van der Waals surface area contributed by atoms with Gasteiger partial charge in [-0.1, -0.05) is 0 Å². The van der Waals surface area contributed by atoms with Crippen LogP contribution in [0, 0.1) is 0 Å². The number of H-pyrrole nitrogens is 2. The van der Waals surface area contributed by atoms with Gasteiger partial charge in [-0.3, -0.25) is 42.3 Å². The van der Waals surface area contributed by atoms with Gasteiger partial charge in [0.05, 0.1) is 25.4 Å². The molecule has 3 aliphatic rings. The van der Waals surface area contributed by atoms with Crippen molar-refractivity contribution < 1.29 is 42.0 Å². The van der Waals surface area contributed by atoms with Crippen LogP contribution in [0.2, 0.25) is 0 Å².